The van der Waals surface area contributed by atoms with Crippen LogP contribution < -0.4 is 0 Å². The minimum atomic E-state index is -1.10. The van der Waals surface area contributed by atoms with Crippen molar-refractivity contribution >= 4 is 32.8 Å². The lowest BCUT2D eigenvalue weighted by Gasteiger charge is -2.07. The van der Waals surface area contributed by atoms with Gasteiger partial charge in [0.25, 0.3) is 0 Å². The van der Waals surface area contributed by atoms with Crippen LogP contribution >= 0.6 is 15.9 Å². The molecule has 0 spiro atoms. The molecule has 3 aromatic rings. The van der Waals surface area contributed by atoms with Crippen molar-refractivity contribution in [2.45, 2.75) is 0 Å². The highest BCUT2D eigenvalue weighted by Gasteiger charge is 2.15. The second kappa shape index (κ2) is 4.72. The largest absolute Gasteiger partial charge is 0.478 e. The molecule has 4 nitrogen and oxygen atoms in total. The molecular weight excluding hydrogens is 329 g/mol. The zero-order valence-corrected chi connectivity index (χ0v) is 11.5. The summed E-state index contributed by atoms with van der Waals surface area (Å²) >= 11 is 3.05. The summed E-state index contributed by atoms with van der Waals surface area (Å²) in [5, 5.41) is 9.68. The van der Waals surface area contributed by atoms with Crippen molar-refractivity contribution in [3.8, 4) is 11.3 Å². The van der Waals surface area contributed by atoms with E-state index in [0.717, 1.165) is 0 Å². The van der Waals surface area contributed by atoms with Crippen molar-refractivity contribution in [2.75, 3.05) is 0 Å². The SMILES string of the molecule is O=C(O)c1cc(-c2ccoc2)nc2cc(F)c(Br)cc12. The second-order valence-electron chi connectivity index (χ2n) is 4.16. The Labute approximate surface area is 121 Å². The second-order valence-corrected chi connectivity index (χ2v) is 5.01. The minimum absolute atomic E-state index is 0.0619. The summed E-state index contributed by atoms with van der Waals surface area (Å²) in [5.41, 5.74) is 1.40. The number of fused-ring (bicyclic) bond motifs is 1. The molecule has 20 heavy (non-hydrogen) atoms. The number of rotatable bonds is 2. The maximum atomic E-state index is 13.6. The van der Waals surface area contributed by atoms with Crippen LogP contribution in [0, 0.1) is 5.82 Å². The van der Waals surface area contributed by atoms with E-state index in [4.69, 9.17) is 4.42 Å². The van der Waals surface area contributed by atoms with Crippen LogP contribution in [0.15, 0.2) is 45.7 Å². The number of benzene rings is 1. The first-order valence-electron chi connectivity index (χ1n) is 5.62. The molecule has 0 saturated carbocycles. The third kappa shape index (κ3) is 2.08. The molecule has 0 aliphatic carbocycles. The fourth-order valence-electron chi connectivity index (χ4n) is 1.96. The Hall–Kier alpha value is -2.21. The van der Waals surface area contributed by atoms with Gasteiger partial charge < -0.3 is 9.52 Å². The predicted molar refractivity (Wildman–Crippen MR) is 74.1 cm³/mol. The van der Waals surface area contributed by atoms with E-state index in [-0.39, 0.29) is 15.6 Å². The lowest BCUT2D eigenvalue weighted by Crippen LogP contribution is -2.00. The molecule has 0 aliphatic rings. The molecule has 1 aromatic carbocycles. The van der Waals surface area contributed by atoms with Crippen molar-refractivity contribution in [1.82, 2.24) is 4.98 Å². The summed E-state index contributed by atoms with van der Waals surface area (Å²) in [6.07, 6.45) is 2.92. The number of carboxylic acid groups (broad SMARTS) is 1. The van der Waals surface area contributed by atoms with Crippen molar-refractivity contribution in [3.63, 3.8) is 0 Å². The van der Waals surface area contributed by atoms with E-state index in [2.05, 4.69) is 20.9 Å². The smallest absolute Gasteiger partial charge is 0.336 e. The van der Waals surface area contributed by atoms with Gasteiger partial charge in [0.15, 0.2) is 0 Å². The highest BCUT2D eigenvalue weighted by Crippen LogP contribution is 2.29. The standard InChI is InChI=1S/C14H7BrFNO3/c15-10-3-8-9(14(18)19)4-12(7-1-2-20-6-7)17-13(8)5-11(10)16/h1-6H,(H,18,19). The van der Waals surface area contributed by atoms with Crippen molar-refractivity contribution < 1.29 is 18.7 Å². The van der Waals surface area contributed by atoms with Crippen LogP contribution in [0.25, 0.3) is 22.2 Å². The lowest BCUT2D eigenvalue weighted by molar-refractivity contribution is 0.0699. The zero-order chi connectivity index (χ0) is 14.3. The number of hydrogen-bond acceptors (Lipinski definition) is 3. The highest BCUT2D eigenvalue weighted by molar-refractivity contribution is 9.10. The number of nitrogens with zero attached hydrogens (tertiary/aromatic N) is 1. The van der Waals surface area contributed by atoms with Gasteiger partial charge in [-0.2, -0.15) is 0 Å². The summed E-state index contributed by atoms with van der Waals surface area (Å²) in [7, 11) is 0. The van der Waals surface area contributed by atoms with Gasteiger partial charge in [0, 0.05) is 17.0 Å². The first-order chi connectivity index (χ1) is 9.56. The number of aromatic carboxylic acids is 1. The van der Waals surface area contributed by atoms with Crippen LogP contribution in [0.2, 0.25) is 0 Å². The van der Waals surface area contributed by atoms with Gasteiger partial charge in [0.1, 0.15) is 5.82 Å². The van der Waals surface area contributed by atoms with Gasteiger partial charge in [-0.3, -0.25) is 0 Å². The van der Waals surface area contributed by atoms with Crippen LogP contribution in [0.3, 0.4) is 0 Å². The number of halogens is 2. The summed E-state index contributed by atoms with van der Waals surface area (Å²) < 4.78 is 18.8. The fourth-order valence-corrected chi connectivity index (χ4v) is 2.30. The zero-order valence-electron chi connectivity index (χ0n) is 9.93. The number of aromatic nitrogens is 1. The van der Waals surface area contributed by atoms with Gasteiger partial charge in [0.2, 0.25) is 0 Å². The Morgan fingerprint density at radius 2 is 2.15 bits per heavy atom. The Morgan fingerprint density at radius 1 is 1.35 bits per heavy atom. The monoisotopic (exact) mass is 335 g/mol. The summed E-state index contributed by atoms with van der Waals surface area (Å²) in [4.78, 5) is 15.7. The van der Waals surface area contributed by atoms with Crippen LogP contribution in [-0.2, 0) is 0 Å². The molecule has 100 valence electrons. The Bertz CT molecular complexity index is 815. The number of carboxylic acids is 1. The van der Waals surface area contributed by atoms with Crippen LogP contribution in [0.1, 0.15) is 10.4 Å². The molecule has 3 rings (SSSR count). The van der Waals surface area contributed by atoms with Gasteiger partial charge in [-0.1, -0.05) is 0 Å². The topological polar surface area (TPSA) is 63.3 Å². The van der Waals surface area contributed by atoms with E-state index >= 15 is 0 Å². The molecule has 6 heteroatoms. The van der Waals surface area contributed by atoms with Crippen LogP contribution in [-0.4, -0.2) is 16.1 Å². The van der Waals surface area contributed by atoms with E-state index in [1.165, 1.54) is 30.7 Å². The third-order valence-electron chi connectivity index (χ3n) is 2.90. The van der Waals surface area contributed by atoms with Crippen molar-refractivity contribution in [3.05, 3.63) is 52.6 Å². The number of carbonyl (C=O) groups is 1. The molecule has 0 radical (unpaired) electrons. The number of furan rings is 1. The van der Waals surface area contributed by atoms with E-state index in [1.807, 2.05) is 0 Å². The Kier molecular flexibility index (Phi) is 3.02. The van der Waals surface area contributed by atoms with Crippen LogP contribution in [0.5, 0.6) is 0 Å². The van der Waals surface area contributed by atoms with Gasteiger partial charge >= 0.3 is 5.97 Å². The van der Waals surface area contributed by atoms with Crippen LogP contribution in [0.4, 0.5) is 4.39 Å². The molecule has 0 amide bonds. The molecule has 2 heterocycles. The van der Waals surface area contributed by atoms with E-state index < -0.39 is 11.8 Å². The number of hydrogen-bond donors (Lipinski definition) is 1. The molecule has 0 atom stereocenters. The van der Waals surface area contributed by atoms with Crippen molar-refractivity contribution in [2.24, 2.45) is 0 Å². The quantitative estimate of drug-likeness (QED) is 0.765. The predicted octanol–water partition coefficient (Wildman–Crippen LogP) is 4.09. The van der Waals surface area contributed by atoms with Gasteiger partial charge in [0.05, 0.1) is 33.8 Å². The first kappa shape index (κ1) is 12.8. The van der Waals surface area contributed by atoms with Gasteiger partial charge in [-0.15, -0.1) is 0 Å². The molecule has 0 saturated heterocycles. The third-order valence-corrected chi connectivity index (χ3v) is 3.51. The fraction of sp³-hybridized carbons (Fsp3) is 0. The molecule has 2 aromatic heterocycles. The number of pyridine rings is 1. The van der Waals surface area contributed by atoms with Gasteiger partial charge in [-0.05, 0) is 34.1 Å². The summed E-state index contributed by atoms with van der Waals surface area (Å²) in [6.45, 7) is 0. The Balaban J connectivity index is 2.36. The molecule has 0 fully saturated rings. The first-order valence-corrected chi connectivity index (χ1v) is 6.41. The van der Waals surface area contributed by atoms with E-state index in [0.29, 0.717) is 16.6 Å². The maximum absolute atomic E-state index is 13.6. The summed E-state index contributed by atoms with van der Waals surface area (Å²) in [6, 6.07) is 5.73. The molecule has 0 aliphatic heterocycles. The van der Waals surface area contributed by atoms with E-state index in [1.54, 1.807) is 6.07 Å². The molecule has 1 N–H and O–H groups in total. The normalized spacial score (nSPS) is 10.9. The van der Waals surface area contributed by atoms with Gasteiger partial charge in [-0.25, -0.2) is 14.2 Å². The average molecular weight is 336 g/mol. The van der Waals surface area contributed by atoms with E-state index in [9.17, 15) is 14.3 Å². The molecule has 0 bridgehead atoms. The average Bonchev–Trinajstić information content (AvgIpc) is 2.92. The summed E-state index contributed by atoms with van der Waals surface area (Å²) in [5.74, 6) is -1.59. The minimum Gasteiger partial charge on any atom is -0.478 e. The maximum Gasteiger partial charge on any atom is 0.336 e. The van der Waals surface area contributed by atoms with Crippen molar-refractivity contribution in [1.29, 1.82) is 0 Å². The highest BCUT2D eigenvalue weighted by atomic mass is 79.9. The molecule has 0 unspecified atom stereocenters. The molecular formula is C14H7BrFNO3. The lowest BCUT2D eigenvalue weighted by atomic mass is 10.1. The Morgan fingerprint density at radius 3 is 2.80 bits per heavy atom.